The molecular formula is C18H24N2O3. The van der Waals surface area contributed by atoms with Crippen molar-refractivity contribution in [3.05, 3.63) is 23.8 Å². The molecule has 3 atom stereocenters. The van der Waals surface area contributed by atoms with Gasteiger partial charge in [0.25, 0.3) is 0 Å². The van der Waals surface area contributed by atoms with E-state index in [9.17, 15) is 9.90 Å². The van der Waals surface area contributed by atoms with E-state index in [1.54, 1.807) is 24.4 Å². The third kappa shape index (κ3) is 3.05. The van der Waals surface area contributed by atoms with E-state index in [0.29, 0.717) is 18.3 Å². The van der Waals surface area contributed by atoms with Crippen LogP contribution in [0.5, 0.6) is 11.5 Å². The zero-order valence-corrected chi connectivity index (χ0v) is 13.7. The predicted octanol–water partition coefficient (Wildman–Crippen LogP) is 3.07. The molecule has 0 aromatic heterocycles. The van der Waals surface area contributed by atoms with Gasteiger partial charge in [-0.05, 0) is 54.9 Å². The summed E-state index contributed by atoms with van der Waals surface area (Å²) >= 11 is 0. The van der Waals surface area contributed by atoms with Crippen LogP contribution in [0.4, 0.5) is 0 Å². The summed E-state index contributed by atoms with van der Waals surface area (Å²) in [5, 5.41) is 13.7. The van der Waals surface area contributed by atoms with E-state index in [1.165, 1.54) is 12.8 Å². The Morgan fingerprint density at radius 1 is 1.52 bits per heavy atom. The van der Waals surface area contributed by atoms with Gasteiger partial charge in [-0.15, -0.1) is 0 Å². The van der Waals surface area contributed by atoms with E-state index in [1.807, 2.05) is 6.92 Å². The van der Waals surface area contributed by atoms with E-state index >= 15 is 0 Å². The van der Waals surface area contributed by atoms with Gasteiger partial charge in [0.2, 0.25) is 5.91 Å². The van der Waals surface area contributed by atoms with Crippen molar-refractivity contribution in [1.29, 1.82) is 0 Å². The van der Waals surface area contributed by atoms with Crippen LogP contribution in [-0.2, 0) is 4.79 Å². The molecule has 2 aliphatic rings. The minimum absolute atomic E-state index is 0.0273. The van der Waals surface area contributed by atoms with Gasteiger partial charge in [-0.3, -0.25) is 4.79 Å². The van der Waals surface area contributed by atoms with Gasteiger partial charge in [0, 0.05) is 5.92 Å². The van der Waals surface area contributed by atoms with Crippen molar-refractivity contribution in [2.24, 2.45) is 22.4 Å². The molecule has 2 fully saturated rings. The van der Waals surface area contributed by atoms with E-state index < -0.39 is 0 Å². The number of amides is 1. The van der Waals surface area contributed by atoms with Crippen molar-refractivity contribution in [1.82, 2.24) is 5.43 Å². The molecule has 1 amide bonds. The Hall–Kier alpha value is -2.04. The number of rotatable bonds is 5. The van der Waals surface area contributed by atoms with Gasteiger partial charge in [-0.1, -0.05) is 19.8 Å². The molecule has 5 nitrogen and oxygen atoms in total. The van der Waals surface area contributed by atoms with Crippen molar-refractivity contribution < 1.29 is 14.6 Å². The highest BCUT2D eigenvalue weighted by molar-refractivity contribution is 5.86. The quantitative estimate of drug-likeness (QED) is 0.648. The van der Waals surface area contributed by atoms with Crippen LogP contribution in [0.1, 0.15) is 45.1 Å². The van der Waals surface area contributed by atoms with Crippen LogP contribution >= 0.6 is 0 Å². The highest BCUT2D eigenvalue weighted by Crippen LogP contribution is 2.66. The second-order valence-electron chi connectivity index (χ2n) is 6.73. The number of hydrazone groups is 1. The maximum absolute atomic E-state index is 12.3. The summed E-state index contributed by atoms with van der Waals surface area (Å²) in [7, 11) is 0. The summed E-state index contributed by atoms with van der Waals surface area (Å²) in [6.45, 7) is 4.56. The van der Waals surface area contributed by atoms with Gasteiger partial charge in [0.15, 0.2) is 11.5 Å². The van der Waals surface area contributed by atoms with Gasteiger partial charge in [-0.25, -0.2) is 5.43 Å². The van der Waals surface area contributed by atoms with Crippen LogP contribution < -0.4 is 10.2 Å². The van der Waals surface area contributed by atoms with Crippen molar-refractivity contribution in [2.75, 3.05) is 6.61 Å². The van der Waals surface area contributed by atoms with Crippen LogP contribution in [-0.4, -0.2) is 23.8 Å². The maximum Gasteiger partial charge on any atom is 0.244 e. The second-order valence-corrected chi connectivity index (χ2v) is 6.73. The lowest BCUT2D eigenvalue weighted by molar-refractivity contribution is -0.123. The van der Waals surface area contributed by atoms with E-state index in [2.05, 4.69) is 17.5 Å². The third-order valence-electron chi connectivity index (χ3n) is 5.29. The van der Waals surface area contributed by atoms with Crippen molar-refractivity contribution in [3.63, 3.8) is 0 Å². The number of nitrogens with one attached hydrogen (secondary N) is 1. The summed E-state index contributed by atoms with van der Waals surface area (Å²) in [6, 6.07) is 4.99. The summed E-state index contributed by atoms with van der Waals surface area (Å²) in [5.41, 5.74) is 3.63. The van der Waals surface area contributed by atoms with Crippen molar-refractivity contribution in [2.45, 2.75) is 39.5 Å². The number of carbonyl (C=O) groups excluding carboxylic acids is 1. The molecule has 3 rings (SSSR count). The molecule has 0 spiro atoms. The lowest BCUT2D eigenvalue weighted by Gasteiger charge is -2.15. The smallest absolute Gasteiger partial charge is 0.244 e. The summed E-state index contributed by atoms with van der Waals surface area (Å²) in [5.74, 6) is 1.19. The minimum Gasteiger partial charge on any atom is -0.504 e. The summed E-state index contributed by atoms with van der Waals surface area (Å²) in [4.78, 5) is 12.3. The third-order valence-corrected chi connectivity index (χ3v) is 5.29. The van der Waals surface area contributed by atoms with E-state index in [0.717, 1.165) is 18.4 Å². The molecule has 23 heavy (non-hydrogen) atoms. The Morgan fingerprint density at radius 3 is 3.04 bits per heavy atom. The van der Waals surface area contributed by atoms with Crippen LogP contribution in [0.3, 0.4) is 0 Å². The molecule has 5 heteroatoms. The van der Waals surface area contributed by atoms with Crippen LogP contribution in [0.15, 0.2) is 23.3 Å². The molecule has 0 radical (unpaired) electrons. The topological polar surface area (TPSA) is 70.9 Å². The minimum atomic E-state index is 0.0273. The van der Waals surface area contributed by atoms with Gasteiger partial charge in [-0.2, -0.15) is 5.10 Å². The normalized spacial score (nSPS) is 29.1. The molecule has 0 bridgehead atoms. The zero-order chi connectivity index (χ0) is 16.4. The molecule has 1 aromatic carbocycles. The highest BCUT2D eigenvalue weighted by atomic mass is 16.5. The number of aromatic hydroxyl groups is 1. The lowest BCUT2D eigenvalue weighted by Crippen LogP contribution is -2.22. The van der Waals surface area contributed by atoms with Gasteiger partial charge < -0.3 is 9.84 Å². The first kappa shape index (κ1) is 15.8. The molecule has 2 N–H and O–H groups in total. The molecule has 2 aliphatic carbocycles. The lowest BCUT2D eigenvalue weighted by atomic mass is 9.90. The number of benzene rings is 1. The van der Waals surface area contributed by atoms with Gasteiger partial charge in [0.1, 0.15) is 0 Å². The predicted molar refractivity (Wildman–Crippen MR) is 88.6 cm³/mol. The first-order valence-corrected chi connectivity index (χ1v) is 8.35. The number of phenolic OH excluding ortho intramolecular Hbond substituents is 1. The van der Waals surface area contributed by atoms with Crippen LogP contribution in [0.25, 0.3) is 0 Å². The number of hydrogen-bond acceptors (Lipinski definition) is 4. The van der Waals surface area contributed by atoms with Gasteiger partial charge in [0.05, 0.1) is 12.8 Å². The number of nitrogens with zero attached hydrogens (tertiary/aromatic N) is 1. The summed E-state index contributed by atoms with van der Waals surface area (Å²) in [6.07, 6.45) is 6.35. The standard InChI is InChI=1S/C18H24N2O3/c1-3-23-15-10-12(7-8-14(15)21)11-19-20-17(22)16-13-6-4-5-9-18(13,16)2/h7-8,10-11,13,16,21H,3-6,9H2,1-2H3,(H,20,22)/b19-11-/t13-,16+,18+/m1/s1. The second kappa shape index (κ2) is 6.22. The first-order valence-electron chi connectivity index (χ1n) is 8.35. The first-order chi connectivity index (χ1) is 11.1. The number of hydrogen-bond donors (Lipinski definition) is 2. The molecule has 0 heterocycles. The molecular weight excluding hydrogens is 292 g/mol. The molecule has 0 unspecified atom stereocenters. The molecule has 1 aromatic rings. The average Bonchev–Trinajstić information content (AvgIpc) is 3.16. The Kier molecular flexibility index (Phi) is 4.28. The monoisotopic (exact) mass is 316 g/mol. The Balaban J connectivity index is 1.59. The number of phenols is 1. The van der Waals surface area contributed by atoms with Crippen molar-refractivity contribution >= 4 is 12.1 Å². The fourth-order valence-corrected chi connectivity index (χ4v) is 3.97. The van der Waals surface area contributed by atoms with Crippen molar-refractivity contribution in [3.8, 4) is 11.5 Å². The number of carbonyl (C=O) groups is 1. The molecule has 2 saturated carbocycles. The van der Waals surface area contributed by atoms with E-state index in [4.69, 9.17) is 4.74 Å². The number of fused-ring (bicyclic) bond motifs is 1. The molecule has 124 valence electrons. The summed E-state index contributed by atoms with van der Waals surface area (Å²) < 4.78 is 5.33. The maximum atomic E-state index is 12.3. The Bertz CT molecular complexity index is 629. The van der Waals surface area contributed by atoms with Gasteiger partial charge >= 0.3 is 0 Å². The average molecular weight is 316 g/mol. The molecule has 0 saturated heterocycles. The SMILES string of the molecule is CCOc1cc(/C=N\NC(=O)[C@@H]2[C@H]3CCCC[C@@]32C)ccc1O. The largest absolute Gasteiger partial charge is 0.504 e. The fraction of sp³-hybridized carbons (Fsp3) is 0.556. The van der Waals surface area contributed by atoms with Crippen LogP contribution in [0.2, 0.25) is 0 Å². The fourth-order valence-electron chi connectivity index (χ4n) is 3.97. The Labute approximate surface area is 136 Å². The van der Waals surface area contributed by atoms with E-state index in [-0.39, 0.29) is 23.0 Å². The highest BCUT2D eigenvalue weighted by Gasteiger charge is 2.64. The Morgan fingerprint density at radius 2 is 2.35 bits per heavy atom. The zero-order valence-electron chi connectivity index (χ0n) is 13.7. The van der Waals surface area contributed by atoms with Crippen LogP contribution in [0, 0.1) is 17.3 Å². The molecule has 0 aliphatic heterocycles. The number of ether oxygens (including phenoxy) is 1.